The molecule has 1 aromatic rings. The summed E-state index contributed by atoms with van der Waals surface area (Å²) in [4.78, 5) is 57.3. The smallest absolute Gasteiger partial charge is 0.311 e. The summed E-state index contributed by atoms with van der Waals surface area (Å²) in [6, 6.07) is 7.54. The molecule has 1 fully saturated rings. The second kappa shape index (κ2) is 14.3. The molecule has 0 radical (unpaired) electrons. The van der Waals surface area contributed by atoms with E-state index in [1.165, 1.54) is 0 Å². The van der Waals surface area contributed by atoms with Gasteiger partial charge in [0.2, 0.25) is 0 Å². The van der Waals surface area contributed by atoms with Crippen LogP contribution in [0.25, 0.3) is 0 Å². The van der Waals surface area contributed by atoms with Crippen LogP contribution in [0.2, 0.25) is 0 Å². The molecule has 1 saturated heterocycles. The van der Waals surface area contributed by atoms with Crippen molar-refractivity contribution in [1.82, 2.24) is 0 Å². The molecule has 0 aromatic heterocycles. The van der Waals surface area contributed by atoms with Crippen LogP contribution in [0.15, 0.2) is 29.3 Å². The summed E-state index contributed by atoms with van der Waals surface area (Å²) in [5.41, 5.74) is -2.90. The fourth-order valence-electron chi connectivity index (χ4n) is 3.57. The van der Waals surface area contributed by atoms with Gasteiger partial charge in [0.1, 0.15) is 12.7 Å². The van der Waals surface area contributed by atoms with Gasteiger partial charge in [0, 0.05) is 9.78 Å². The summed E-state index contributed by atoms with van der Waals surface area (Å²) in [6.07, 6.45) is -4.72. The number of rotatable bonds is 7. The van der Waals surface area contributed by atoms with Crippen molar-refractivity contribution >= 4 is 52.7 Å². The predicted octanol–water partition coefficient (Wildman–Crippen LogP) is 5.90. The molecule has 1 aliphatic heterocycles. The molecule has 1 heterocycles. The lowest BCUT2D eigenvalue weighted by molar-refractivity contribution is -0.258. The molecule has 11 heteroatoms. The zero-order chi connectivity index (χ0) is 33.8. The summed E-state index contributed by atoms with van der Waals surface area (Å²) in [5.74, 6) is -2.35. The van der Waals surface area contributed by atoms with E-state index in [-0.39, 0.29) is 6.61 Å². The van der Waals surface area contributed by atoms with Crippen molar-refractivity contribution in [3.8, 4) is 0 Å². The molecule has 1 aromatic carbocycles. The minimum absolute atomic E-state index is 0.336. The molecule has 0 spiro atoms. The summed E-state index contributed by atoms with van der Waals surface area (Å²) in [5, 5.41) is 0. The summed E-state index contributed by atoms with van der Waals surface area (Å²) < 4.78 is 30.9. The Hall–Kier alpha value is -2.54. The van der Waals surface area contributed by atoms with Gasteiger partial charge in [-0.15, -0.1) is 0 Å². The van der Waals surface area contributed by atoms with E-state index in [1.54, 1.807) is 89.3 Å². The Labute approximate surface area is 275 Å². The van der Waals surface area contributed by atoms with Crippen molar-refractivity contribution in [2.75, 3.05) is 6.61 Å². The van der Waals surface area contributed by atoms with Crippen LogP contribution in [0, 0.1) is 25.2 Å². The van der Waals surface area contributed by atoms with Crippen molar-refractivity contribution in [2.24, 2.45) is 26.7 Å². The number of carbonyl (C=O) groups excluding carboxylic acids is 4. The Balaban J connectivity index is 2.72. The first kappa shape index (κ1) is 37.6. The molecule has 0 bridgehead atoms. The van der Waals surface area contributed by atoms with E-state index in [2.05, 4.69) is 27.6 Å². The maximum absolute atomic E-state index is 13.3. The molecule has 1 aliphatic rings. The Kier molecular flexibility index (Phi) is 12.2. The average Bonchev–Trinajstić information content (AvgIpc) is 2.86. The zero-order valence-corrected chi connectivity index (χ0v) is 30.1. The molecule has 0 amide bonds. The Bertz CT molecular complexity index is 1230. The number of hydrogen-bond acceptors (Lipinski definition) is 10. The summed E-state index contributed by atoms with van der Waals surface area (Å²) in [7, 11) is 0. The Morgan fingerprint density at radius 3 is 1.64 bits per heavy atom. The van der Waals surface area contributed by atoms with Crippen molar-refractivity contribution in [2.45, 2.75) is 114 Å². The van der Waals surface area contributed by atoms with Crippen LogP contribution in [-0.4, -0.2) is 67.3 Å². The molecule has 0 saturated carbocycles. The largest absolute Gasteiger partial charge is 0.462 e. The number of aliphatic imine (C=N–C) groups is 1. The quantitative estimate of drug-likeness (QED) is 0.146. The predicted molar refractivity (Wildman–Crippen MR) is 174 cm³/mol. The molecular formula is C33H48INO9. The van der Waals surface area contributed by atoms with Gasteiger partial charge in [0.15, 0.2) is 24.5 Å². The van der Waals surface area contributed by atoms with Crippen LogP contribution in [0.5, 0.6) is 0 Å². The lowest BCUT2D eigenvalue weighted by Crippen LogP contribution is -2.63. The average molecular weight is 730 g/mol. The van der Waals surface area contributed by atoms with Gasteiger partial charge in [0.25, 0.3) is 0 Å². The minimum atomic E-state index is -1.34. The van der Waals surface area contributed by atoms with Crippen LogP contribution < -0.4 is 0 Å². The monoisotopic (exact) mass is 729 g/mol. The third-order valence-corrected chi connectivity index (χ3v) is 7.06. The maximum atomic E-state index is 13.3. The van der Waals surface area contributed by atoms with E-state index in [1.807, 2.05) is 24.3 Å². The molecular weight excluding hydrogens is 681 g/mol. The number of benzene rings is 1. The highest BCUT2D eigenvalue weighted by molar-refractivity contribution is 14.1. The van der Waals surface area contributed by atoms with Crippen LogP contribution in [0.1, 0.15) is 88.6 Å². The van der Waals surface area contributed by atoms with Gasteiger partial charge in [-0.3, -0.25) is 24.2 Å². The van der Waals surface area contributed by atoms with Crippen LogP contribution in [-0.2, 0) is 42.9 Å². The highest BCUT2D eigenvalue weighted by Gasteiger charge is 2.54. The molecule has 0 aliphatic carbocycles. The minimum Gasteiger partial charge on any atom is -0.462 e. The fraction of sp³-hybridized carbons (Fsp3) is 0.667. The summed E-state index contributed by atoms with van der Waals surface area (Å²) >= 11 is 2.18. The molecule has 246 valence electrons. The van der Waals surface area contributed by atoms with Gasteiger partial charge in [-0.1, -0.05) is 12.1 Å². The first-order valence-corrected chi connectivity index (χ1v) is 15.7. The van der Waals surface area contributed by atoms with Crippen molar-refractivity contribution in [3.63, 3.8) is 0 Å². The van der Waals surface area contributed by atoms with Gasteiger partial charge in [0.05, 0.1) is 21.7 Å². The van der Waals surface area contributed by atoms with E-state index in [9.17, 15) is 19.2 Å². The molecule has 10 nitrogen and oxygen atoms in total. The highest BCUT2D eigenvalue weighted by atomic mass is 127. The maximum Gasteiger partial charge on any atom is 0.311 e. The van der Waals surface area contributed by atoms with Crippen LogP contribution in [0.4, 0.5) is 0 Å². The number of nitrogens with zero attached hydrogens (tertiary/aromatic N) is 1. The van der Waals surface area contributed by atoms with Crippen LogP contribution >= 0.6 is 22.6 Å². The second-order valence-corrected chi connectivity index (χ2v) is 16.4. The summed E-state index contributed by atoms with van der Waals surface area (Å²) in [6.45, 7) is 19.9. The molecule has 2 rings (SSSR count). The van der Waals surface area contributed by atoms with Gasteiger partial charge in [-0.25, -0.2) is 0 Å². The number of ether oxygens (including phenoxy) is 5. The van der Waals surface area contributed by atoms with E-state index in [4.69, 9.17) is 23.7 Å². The first-order valence-electron chi connectivity index (χ1n) is 14.7. The molecule has 0 N–H and O–H groups in total. The Morgan fingerprint density at radius 2 is 1.18 bits per heavy atom. The highest BCUT2D eigenvalue weighted by Crippen LogP contribution is 2.34. The van der Waals surface area contributed by atoms with E-state index >= 15 is 0 Å². The van der Waals surface area contributed by atoms with E-state index in [0.29, 0.717) is 0 Å². The number of carbonyl (C=O) groups is 4. The van der Waals surface area contributed by atoms with Gasteiger partial charge in [-0.2, -0.15) is 0 Å². The molecule has 5 atom stereocenters. The number of hydrogen-bond donors (Lipinski definition) is 0. The second-order valence-electron chi connectivity index (χ2n) is 15.1. The standard InChI is InChI=1S/C33H48INO9/c1-30(2,3)26(36)40-18-21-22(42-27(37)31(4,5)6)23(43-28(38)32(7,8)9)24(44-29(39)33(10,11)12)25(41-21)35-17-19-14-13-15-20(34)16-19/h13-17,21-25H,18H2,1-12H3/b35-17+. The van der Waals surface area contributed by atoms with E-state index < -0.39 is 76.2 Å². The van der Waals surface area contributed by atoms with Gasteiger partial charge < -0.3 is 23.7 Å². The third-order valence-electron chi connectivity index (χ3n) is 6.39. The van der Waals surface area contributed by atoms with Gasteiger partial charge >= 0.3 is 23.9 Å². The lowest BCUT2D eigenvalue weighted by atomic mass is 9.92. The van der Waals surface area contributed by atoms with Crippen molar-refractivity contribution < 1.29 is 42.9 Å². The normalized spacial score (nSPS) is 23.2. The molecule has 5 unspecified atom stereocenters. The topological polar surface area (TPSA) is 127 Å². The zero-order valence-electron chi connectivity index (χ0n) is 28.0. The van der Waals surface area contributed by atoms with Crippen molar-refractivity contribution in [3.05, 3.63) is 33.4 Å². The number of halogens is 1. The Morgan fingerprint density at radius 1 is 0.727 bits per heavy atom. The lowest BCUT2D eigenvalue weighted by Gasteiger charge is -2.45. The molecule has 44 heavy (non-hydrogen) atoms. The van der Waals surface area contributed by atoms with Gasteiger partial charge in [-0.05, 0) is 123 Å². The fourth-order valence-corrected chi connectivity index (χ4v) is 4.14. The number of esters is 4. The first-order chi connectivity index (χ1) is 19.9. The van der Waals surface area contributed by atoms with Crippen molar-refractivity contribution in [1.29, 1.82) is 0 Å². The SMILES string of the molecule is CC(C)(C)C(=O)OCC1OC(/N=C/c2cccc(I)c2)C(OC(=O)C(C)(C)C)C(OC(=O)C(C)(C)C)C1OC(=O)C(C)(C)C. The van der Waals surface area contributed by atoms with E-state index in [0.717, 1.165) is 9.13 Å². The third kappa shape index (κ3) is 10.8. The van der Waals surface area contributed by atoms with Crippen LogP contribution in [0.3, 0.4) is 0 Å².